The van der Waals surface area contributed by atoms with E-state index in [0.29, 0.717) is 23.2 Å². The minimum Gasteiger partial charge on any atom is -0.369 e. The zero-order valence-electron chi connectivity index (χ0n) is 11.7. The quantitative estimate of drug-likeness (QED) is 0.872. The molecule has 1 aliphatic heterocycles. The highest BCUT2D eigenvalue weighted by Crippen LogP contribution is 2.33. The number of halogens is 1. The van der Waals surface area contributed by atoms with Crippen LogP contribution >= 0.6 is 11.6 Å². The number of nitrogens with two attached hydrogens (primary N) is 1. The van der Waals surface area contributed by atoms with Crippen molar-refractivity contribution in [3.05, 3.63) is 28.8 Å². The highest BCUT2D eigenvalue weighted by atomic mass is 35.5. The predicted octanol–water partition coefficient (Wildman–Crippen LogP) is 2.63. The Morgan fingerprint density at radius 2 is 2.05 bits per heavy atom. The number of amides is 1. The van der Waals surface area contributed by atoms with Crippen LogP contribution in [0.3, 0.4) is 0 Å². The second-order valence-corrected chi connectivity index (χ2v) is 5.81. The molecule has 0 aliphatic carbocycles. The van der Waals surface area contributed by atoms with Crippen LogP contribution in [0.15, 0.2) is 18.2 Å². The molecule has 0 radical (unpaired) electrons. The van der Waals surface area contributed by atoms with Crippen LogP contribution in [0.1, 0.15) is 37.0 Å². The molecule has 5 heteroatoms. The Kier molecular flexibility index (Phi) is 4.33. The number of carbonyl (C=O) groups excluding carboxylic acids is 2. The fourth-order valence-electron chi connectivity index (χ4n) is 2.63. The molecule has 108 valence electrons. The third-order valence-electron chi connectivity index (χ3n) is 3.95. The van der Waals surface area contributed by atoms with Crippen molar-refractivity contribution in [2.24, 2.45) is 11.7 Å². The van der Waals surface area contributed by atoms with Crippen LogP contribution in [0.5, 0.6) is 0 Å². The Morgan fingerprint density at radius 1 is 1.35 bits per heavy atom. The second kappa shape index (κ2) is 5.83. The zero-order chi connectivity index (χ0) is 14.9. The van der Waals surface area contributed by atoms with Crippen molar-refractivity contribution in [1.29, 1.82) is 0 Å². The van der Waals surface area contributed by atoms with Crippen LogP contribution in [-0.4, -0.2) is 24.3 Å². The van der Waals surface area contributed by atoms with Gasteiger partial charge < -0.3 is 10.6 Å². The monoisotopic (exact) mass is 294 g/mol. The summed E-state index contributed by atoms with van der Waals surface area (Å²) in [6, 6.07) is 5.59. The van der Waals surface area contributed by atoms with Gasteiger partial charge in [0.1, 0.15) is 0 Å². The molecule has 4 nitrogen and oxygen atoms in total. The van der Waals surface area contributed by atoms with E-state index in [4.69, 9.17) is 17.3 Å². The van der Waals surface area contributed by atoms with Crippen LogP contribution in [0.4, 0.5) is 5.69 Å². The van der Waals surface area contributed by atoms with Gasteiger partial charge in [0.05, 0.1) is 16.6 Å². The van der Waals surface area contributed by atoms with Crippen LogP contribution in [0.25, 0.3) is 0 Å². The fourth-order valence-corrected chi connectivity index (χ4v) is 2.92. The average molecular weight is 295 g/mol. The van der Waals surface area contributed by atoms with E-state index < -0.39 is 0 Å². The van der Waals surface area contributed by atoms with Gasteiger partial charge in [0.2, 0.25) is 5.91 Å². The third kappa shape index (κ3) is 2.96. The number of ketones is 1. The minimum atomic E-state index is -0.265. The molecule has 2 atom stereocenters. The van der Waals surface area contributed by atoms with E-state index >= 15 is 0 Å². The predicted molar refractivity (Wildman–Crippen MR) is 80.2 cm³/mol. The molecular weight excluding hydrogens is 276 g/mol. The lowest BCUT2D eigenvalue weighted by molar-refractivity contribution is -0.122. The maximum Gasteiger partial charge on any atom is 0.222 e. The standard InChI is InChI=1S/C15H19ClN2O2/c1-9-3-4-12(15(17)20)8-18(9)14-6-5-11(10(2)19)7-13(14)16/h5-7,9,12H,3-4,8H2,1-2H3,(H2,17,20). The zero-order valence-corrected chi connectivity index (χ0v) is 12.5. The molecule has 0 saturated carbocycles. The molecule has 2 rings (SSSR count). The number of carbonyl (C=O) groups is 2. The van der Waals surface area contributed by atoms with Gasteiger partial charge in [0.15, 0.2) is 5.78 Å². The fraction of sp³-hybridized carbons (Fsp3) is 0.467. The van der Waals surface area contributed by atoms with E-state index in [0.717, 1.165) is 18.5 Å². The molecule has 0 spiro atoms. The lowest BCUT2D eigenvalue weighted by Crippen LogP contribution is -2.46. The lowest BCUT2D eigenvalue weighted by Gasteiger charge is -2.39. The van der Waals surface area contributed by atoms with Crippen molar-refractivity contribution in [2.75, 3.05) is 11.4 Å². The molecule has 1 amide bonds. The summed E-state index contributed by atoms with van der Waals surface area (Å²) in [6.07, 6.45) is 1.72. The molecule has 2 N–H and O–H groups in total. The van der Waals surface area contributed by atoms with E-state index in [1.54, 1.807) is 12.1 Å². The van der Waals surface area contributed by atoms with Crippen molar-refractivity contribution >= 4 is 29.0 Å². The van der Waals surface area contributed by atoms with Crippen molar-refractivity contribution in [3.8, 4) is 0 Å². The summed E-state index contributed by atoms with van der Waals surface area (Å²) in [7, 11) is 0. The lowest BCUT2D eigenvalue weighted by atomic mass is 9.92. The molecule has 0 aromatic heterocycles. The number of Topliss-reactive ketones (excluding diaryl/α,β-unsaturated/α-hetero) is 1. The summed E-state index contributed by atoms with van der Waals surface area (Å²) in [6.45, 7) is 4.19. The van der Waals surface area contributed by atoms with Gasteiger partial charge in [-0.15, -0.1) is 0 Å². The first-order valence-electron chi connectivity index (χ1n) is 6.76. The number of hydrogen-bond donors (Lipinski definition) is 1. The molecular formula is C15H19ClN2O2. The Bertz CT molecular complexity index is 545. The first-order valence-corrected chi connectivity index (χ1v) is 7.14. The number of hydrogen-bond acceptors (Lipinski definition) is 3. The topological polar surface area (TPSA) is 63.4 Å². The van der Waals surface area contributed by atoms with Gasteiger partial charge in [0.25, 0.3) is 0 Å². The number of benzene rings is 1. The van der Waals surface area contributed by atoms with Crippen molar-refractivity contribution in [2.45, 2.75) is 32.7 Å². The van der Waals surface area contributed by atoms with E-state index in [-0.39, 0.29) is 17.6 Å². The summed E-state index contributed by atoms with van der Waals surface area (Å²) < 4.78 is 0. The summed E-state index contributed by atoms with van der Waals surface area (Å²) in [4.78, 5) is 24.8. The smallest absolute Gasteiger partial charge is 0.222 e. The normalized spacial score (nSPS) is 22.6. The third-order valence-corrected chi connectivity index (χ3v) is 4.25. The Labute approximate surface area is 123 Å². The van der Waals surface area contributed by atoms with Gasteiger partial charge in [0, 0.05) is 18.2 Å². The van der Waals surface area contributed by atoms with Crippen molar-refractivity contribution in [1.82, 2.24) is 0 Å². The van der Waals surface area contributed by atoms with E-state index in [1.807, 2.05) is 6.07 Å². The molecule has 20 heavy (non-hydrogen) atoms. The van der Waals surface area contributed by atoms with E-state index in [1.165, 1.54) is 6.92 Å². The van der Waals surface area contributed by atoms with Crippen LogP contribution in [0, 0.1) is 5.92 Å². The molecule has 1 saturated heterocycles. The number of anilines is 1. The van der Waals surface area contributed by atoms with Gasteiger partial charge in [-0.05, 0) is 44.9 Å². The Morgan fingerprint density at radius 3 is 2.60 bits per heavy atom. The SMILES string of the molecule is CC(=O)c1ccc(N2CC(C(N)=O)CCC2C)c(Cl)c1. The summed E-state index contributed by atoms with van der Waals surface area (Å²) in [5.74, 6) is -0.423. The van der Waals surface area contributed by atoms with Crippen LogP contribution in [-0.2, 0) is 4.79 Å². The minimum absolute atomic E-state index is 0.0137. The first-order chi connectivity index (χ1) is 9.40. The van der Waals surface area contributed by atoms with Crippen molar-refractivity contribution < 1.29 is 9.59 Å². The molecule has 1 fully saturated rings. The van der Waals surface area contributed by atoms with Crippen LogP contribution < -0.4 is 10.6 Å². The van der Waals surface area contributed by atoms with Gasteiger partial charge in [-0.1, -0.05) is 11.6 Å². The van der Waals surface area contributed by atoms with E-state index in [9.17, 15) is 9.59 Å². The maximum absolute atomic E-state index is 11.4. The van der Waals surface area contributed by atoms with Crippen LogP contribution in [0.2, 0.25) is 5.02 Å². The highest BCUT2D eigenvalue weighted by molar-refractivity contribution is 6.33. The molecule has 1 aromatic rings. The number of rotatable bonds is 3. The average Bonchev–Trinajstić information content (AvgIpc) is 2.39. The van der Waals surface area contributed by atoms with Gasteiger partial charge in [-0.25, -0.2) is 0 Å². The number of nitrogens with zero attached hydrogens (tertiary/aromatic N) is 1. The van der Waals surface area contributed by atoms with Gasteiger partial charge in [-0.3, -0.25) is 9.59 Å². The molecule has 0 bridgehead atoms. The molecule has 1 heterocycles. The van der Waals surface area contributed by atoms with Crippen molar-refractivity contribution in [3.63, 3.8) is 0 Å². The molecule has 1 aromatic carbocycles. The second-order valence-electron chi connectivity index (χ2n) is 5.40. The summed E-state index contributed by atoms with van der Waals surface area (Å²) in [5, 5.41) is 0.537. The summed E-state index contributed by atoms with van der Waals surface area (Å²) >= 11 is 6.29. The molecule has 1 aliphatic rings. The largest absolute Gasteiger partial charge is 0.369 e. The molecule has 2 unspecified atom stereocenters. The Hall–Kier alpha value is -1.55. The van der Waals surface area contributed by atoms with E-state index in [2.05, 4.69) is 11.8 Å². The maximum atomic E-state index is 11.4. The number of primary amides is 1. The number of piperidine rings is 1. The highest BCUT2D eigenvalue weighted by Gasteiger charge is 2.29. The summed E-state index contributed by atoms with van der Waals surface area (Å²) in [5.41, 5.74) is 6.86. The first kappa shape index (κ1) is 14.9. The van der Waals surface area contributed by atoms with Gasteiger partial charge >= 0.3 is 0 Å². The van der Waals surface area contributed by atoms with Gasteiger partial charge in [-0.2, -0.15) is 0 Å². The Balaban J connectivity index is 2.29.